The fourth-order valence-corrected chi connectivity index (χ4v) is 1.56. The number of nitrogens with one attached hydrogen (secondary N) is 1. The fraction of sp³-hybridized carbons (Fsp3) is 0.385. The minimum absolute atomic E-state index is 0.0834. The summed E-state index contributed by atoms with van der Waals surface area (Å²) in [6.45, 7) is 3.93. The minimum atomic E-state index is -0.637. The molecule has 4 nitrogen and oxygen atoms in total. The fourth-order valence-electron chi connectivity index (χ4n) is 1.56. The van der Waals surface area contributed by atoms with Crippen molar-refractivity contribution in [3.05, 3.63) is 29.6 Å². The maximum absolute atomic E-state index is 12.9. The second-order valence-corrected chi connectivity index (χ2v) is 4.53. The lowest BCUT2D eigenvalue weighted by molar-refractivity contribution is -0.117. The Morgan fingerprint density at radius 3 is 2.78 bits per heavy atom. The molecule has 0 heterocycles. The van der Waals surface area contributed by atoms with Gasteiger partial charge < -0.3 is 11.1 Å². The first kappa shape index (κ1) is 14.1. The summed E-state index contributed by atoms with van der Waals surface area (Å²) in [5.74, 6) is -0.586. The first-order valence-corrected chi connectivity index (χ1v) is 5.70. The molecule has 0 saturated carbocycles. The van der Waals surface area contributed by atoms with Crippen molar-refractivity contribution in [2.45, 2.75) is 26.3 Å². The average Bonchev–Trinajstić information content (AvgIpc) is 2.30. The van der Waals surface area contributed by atoms with E-state index in [4.69, 9.17) is 11.0 Å². The molecule has 0 aliphatic rings. The number of carbonyl (C=O) groups is 1. The second kappa shape index (κ2) is 6.12. The topological polar surface area (TPSA) is 78.9 Å². The van der Waals surface area contributed by atoms with Gasteiger partial charge in [-0.3, -0.25) is 4.79 Å². The number of nitrogens with zero attached hydrogens (tertiary/aromatic N) is 1. The highest BCUT2D eigenvalue weighted by Gasteiger charge is 2.16. The summed E-state index contributed by atoms with van der Waals surface area (Å²) in [6.07, 6.45) is 0.551. The third kappa shape index (κ3) is 3.82. The number of nitriles is 1. The lowest BCUT2D eigenvalue weighted by atomic mass is 10.0. The molecule has 1 amide bonds. The zero-order valence-electron chi connectivity index (χ0n) is 10.4. The first-order valence-electron chi connectivity index (χ1n) is 5.70. The van der Waals surface area contributed by atoms with Gasteiger partial charge in [0.1, 0.15) is 11.9 Å². The van der Waals surface area contributed by atoms with E-state index in [2.05, 4.69) is 5.32 Å². The molecule has 1 aromatic carbocycles. The Balaban J connectivity index is 2.79. The quantitative estimate of drug-likeness (QED) is 0.856. The number of nitrogens with two attached hydrogens (primary N) is 1. The summed E-state index contributed by atoms with van der Waals surface area (Å²) in [6, 6.07) is 4.80. The van der Waals surface area contributed by atoms with E-state index in [-0.39, 0.29) is 17.2 Å². The summed E-state index contributed by atoms with van der Waals surface area (Å²) in [5, 5.41) is 11.4. The molecule has 0 bridgehead atoms. The highest BCUT2D eigenvalue weighted by Crippen LogP contribution is 2.16. The molecular weight excluding hydrogens is 233 g/mol. The SMILES string of the molecule is CC(C)C[C@H](N)C(=O)Nc1ccc(F)cc1C#N. The van der Waals surface area contributed by atoms with Crippen LogP contribution in [0, 0.1) is 23.1 Å². The van der Waals surface area contributed by atoms with Crippen molar-refractivity contribution in [1.82, 2.24) is 0 Å². The van der Waals surface area contributed by atoms with Crippen molar-refractivity contribution in [1.29, 1.82) is 5.26 Å². The lowest BCUT2D eigenvalue weighted by Gasteiger charge is -2.14. The zero-order valence-corrected chi connectivity index (χ0v) is 10.4. The van der Waals surface area contributed by atoms with Crippen molar-refractivity contribution in [3.8, 4) is 6.07 Å². The smallest absolute Gasteiger partial charge is 0.241 e. The third-order valence-electron chi connectivity index (χ3n) is 2.42. The Morgan fingerprint density at radius 1 is 1.56 bits per heavy atom. The Labute approximate surface area is 106 Å². The molecule has 0 aliphatic heterocycles. The second-order valence-electron chi connectivity index (χ2n) is 4.53. The van der Waals surface area contributed by atoms with Crippen LogP contribution in [0.15, 0.2) is 18.2 Å². The average molecular weight is 249 g/mol. The van der Waals surface area contributed by atoms with E-state index in [9.17, 15) is 9.18 Å². The number of amides is 1. The molecule has 3 N–H and O–H groups in total. The van der Waals surface area contributed by atoms with Gasteiger partial charge in [0, 0.05) is 0 Å². The molecule has 0 spiro atoms. The van der Waals surface area contributed by atoms with E-state index < -0.39 is 11.9 Å². The van der Waals surface area contributed by atoms with E-state index in [0.29, 0.717) is 12.3 Å². The van der Waals surface area contributed by atoms with Crippen LogP contribution in [0.25, 0.3) is 0 Å². The number of anilines is 1. The number of hydrogen-bond donors (Lipinski definition) is 2. The highest BCUT2D eigenvalue weighted by atomic mass is 19.1. The largest absolute Gasteiger partial charge is 0.324 e. The van der Waals surface area contributed by atoms with E-state index in [0.717, 1.165) is 6.07 Å². The van der Waals surface area contributed by atoms with Gasteiger partial charge >= 0.3 is 0 Å². The molecule has 0 fully saturated rings. The lowest BCUT2D eigenvalue weighted by Crippen LogP contribution is -2.36. The maximum Gasteiger partial charge on any atom is 0.241 e. The van der Waals surface area contributed by atoms with Crippen LogP contribution in [0.1, 0.15) is 25.8 Å². The third-order valence-corrected chi connectivity index (χ3v) is 2.42. The van der Waals surface area contributed by atoms with Gasteiger partial charge in [-0.1, -0.05) is 13.8 Å². The number of hydrogen-bond acceptors (Lipinski definition) is 3. The van der Waals surface area contributed by atoms with Gasteiger partial charge in [-0.15, -0.1) is 0 Å². The summed E-state index contributed by atoms with van der Waals surface area (Å²) < 4.78 is 12.9. The highest BCUT2D eigenvalue weighted by molar-refractivity contribution is 5.95. The van der Waals surface area contributed by atoms with E-state index >= 15 is 0 Å². The van der Waals surface area contributed by atoms with Crippen LogP contribution < -0.4 is 11.1 Å². The van der Waals surface area contributed by atoms with Gasteiger partial charge in [-0.05, 0) is 30.5 Å². The van der Waals surface area contributed by atoms with Crippen LogP contribution in [0.2, 0.25) is 0 Å². The van der Waals surface area contributed by atoms with Crippen molar-refractivity contribution >= 4 is 11.6 Å². The van der Waals surface area contributed by atoms with Crippen molar-refractivity contribution in [3.63, 3.8) is 0 Å². The van der Waals surface area contributed by atoms with E-state index in [1.807, 2.05) is 19.9 Å². The van der Waals surface area contributed by atoms with Gasteiger partial charge in [-0.25, -0.2) is 4.39 Å². The van der Waals surface area contributed by atoms with Gasteiger partial charge in [0.25, 0.3) is 0 Å². The number of carbonyl (C=O) groups excluding carboxylic acids is 1. The standard InChI is InChI=1S/C13H16FN3O/c1-8(2)5-11(16)13(18)17-12-4-3-10(14)6-9(12)7-15/h3-4,6,8,11H,5,16H2,1-2H3,(H,17,18)/t11-/m0/s1. The molecule has 0 aromatic heterocycles. The van der Waals surface area contributed by atoms with Crippen LogP contribution in [-0.2, 0) is 4.79 Å². The van der Waals surface area contributed by atoms with Gasteiger partial charge in [0.05, 0.1) is 17.3 Å². The predicted molar refractivity (Wildman–Crippen MR) is 67.2 cm³/mol. The molecule has 0 aliphatic carbocycles. The number of halogens is 1. The Hall–Kier alpha value is -1.93. The Morgan fingerprint density at radius 2 is 2.22 bits per heavy atom. The van der Waals surface area contributed by atoms with Crippen molar-refractivity contribution in [2.24, 2.45) is 11.7 Å². The summed E-state index contributed by atoms with van der Waals surface area (Å²) in [5.41, 5.74) is 6.08. The van der Waals surface area contributed by atoms with Crippen LogP contribution in [0.5, 0.6) is 0 Å². The number of benzene rings is 1. The Kier molecular flexibility index (Phi) is 4.81. The molecule has 1 aromatic rings. The zero-order chi connectivity index (χ0) is 13.7. The normalized spacial score (nSPS) is 12.0. The molecule has 0 saturated heterocycles. The molecule has 96 valence electrons. The van der Waals surface area contributed by atoms with Gasteiger partial charge in [0.2, 0.25) is 5.91 Å². The molecule has 1 atom stereocenters. The maximum atomic E-state index is 12.9. The molecule has 1 rings (SSSR count). The molecular formula is C13H16FN3O. The van der Waals surface area contributed by atoms with E-state index in [1.165, 1.54) is 12.1 Å². The molecule has 0 unspecified atom stereocenters. The molecule has 18 heavy (non-hydrogen) atoms. The van der Waals surface area contributed by atoms with Crippen LogP contribution in [0.4, 0.5) is 10.1 Å². The van der Waals surface area contributed by atoms with Crippen LogP contribution >= 0.6 is 0 Å². The molecule has 0 radical (unpaired) electrons. The van der Waals surface area contributed by atoms with Crippen LogP contribution in [0.3, 0.4) is 0 Å². The van der Waals surface area contributed by atoms with Crippen molar-refractivity contribution in [2.75, 3.05) is 5.32 Å². The number of rotatable bonds is 4. The van der Waals surface area contributed by atoms with Crippen molar-refractivity contribution < 1.29 is 9.18 Å². The monoisotopic (exact) mass is 249 g/mol. The Bertz CT molecular complexity index is 480. The summed E-state index contributed by atoms with van der Waals surface area (Å²) in [7, 11) is 0. The van der Waals surface area contributed by atoms with Gasteiger partial charge in [-0.2, -0.15) is 5.26 Å². The predicted octanol–water partition coefficient (Wildman–Crippen LogP) is 2.01. The first-order chi connectivity index (χ1) is 8.43. The summed E-state index contributed by atoms with van der Waals surface area (Å²) in [4.78, 5) is 11.8. The van der Waals surface area contributed by atoms with Crippen LogP contribution in [-0.4, -0.2) is 11.9 Å². The van der Waals surface area contributed by atoms with E-state index in [1.54, 1.807) is 0 Å². The molecule has 5 heteroatoms. The van der Waals surface area contributed by atoms with Gasteiger partial charge in [0.15, 0.2) is 0 Å². The summed E-state index contributed by atoms with van der Waals surface area (Å²) >= 11 is 0. The minimum Gasteiger partial charge on any atom is -0.324 e.